The highest BCUT2D eigenvalue weighted by atomic mass is 19.1. The predicted octanol–water partition coefficient (Wildman–Crippen LogP) is 4.06. The van der Waals surface area contributed by atoms with Crippen LogP contribution < -0.4 is 0 Å². The summed E-state index contributed by atoms with van der Waals surface area (Å²) >= 11 is 0. The number of allylic oxidation sites excluding steroid dienone is 1. The molecule has 0 heterocycles. The lowest BCUT2D eigenvalue weighted by Gasteiger charge is -2.08. The Balaban J connectivity index is 3.01. The zero-order chi connectivity index (χ0) is 10.6. The number of halogens is 1. The molecule has 0 aliphatic heterocycles. The molecule has 0 amide bonds. The van der Waals surface area contributed by atoms with Gasteiger partial charge in [-0.25, -0.2) is 4.39 Å². The van der Waals surface area contributed by atoms with E-state index in [-0.39, 0.29) is 5.82 Å². The first kappa shape index (κ1) is 11.0. The molecule has 0 saturated carbocycles. The zero-order valence-electron chi connectivity index (χ0n) is 9.05. The highest BCUT2D eigenvalue weighted by Crippen LogP contribution is 2.17. The maximum atomic E-state index is 13.0. The first-order valence-electron chi connectivity index (χ1n) is 5.04. The average molecular weight is 192 g/mol. The van der Waals surface area contributed by atoms with Crippen LogP contribution in [-0.2, 0) is 6.42 Å². The van der Waals surface area contributed by atoms with E-state index >= 15 is 0 Å². The van der Waals surface area contributed by atoms with E-state index in [0.717, 1.165) is 12.0 Å². The molecule has 0 fully saturated rings. The SMILES string of the molecule is CC=Cc1cc(F)ccc1CC(C)C. The maximum absolute atomic E-state index is 13.0. The molecule has 0 N–H and O–H groups in total. The molecule has 0 atom stereocenters. The third kappa shape index (κ3) is 2.99. The summed E-state index contributed by atoms with van der Waals surface area (Å²) < 4.78 is 13.0. The summed E-state index contributed by atoms with van der Waals surface area (Å²) in [6, 6.07) is 5.01. The number of hydrogen-bond donors (Lipinski definition) is 0. The van der Waals surface area contributed by atoms with Gasteiger partial charge in [0.25, 0.3) is 0 Å². The molecular formula is C13H17F. The molecule has 0 unspecified atom stereocenters. The molecule has 76 valence electrons. The van der Waals surface area contributed by atoms with Crippen molar-refractivity contribution in [3.63, 3.8) is 0 Å². The van der Waals surface area contributed by atoms with Gasteiger partial charge in [-0.3, -0.25) is 0 Å². The van der Waals surface area contributed by atoms with Crippen molar-refractivity contribution in [1.82, 2.24) is 0 Å². The van der Waals surface area contributed by atoms with Crippen LogP contribution >= 0.6 is 0 Å². The molecule has 0 aromatic heterocycles. The van der Waals surface area contributed by atoms with Crippen LogP contribution in [0.3, 0.4) is 0 Å². The van der Waals surface area contributed by atoms with Gasteiger partial charge < -0.3 is 0 Å². The van der Waals surface area contributed by atoms with Gasteiger partial charge in [0, 0.05) is 0 Å². The Morgan fingerprint density at radius 1 is 1.36 bits per heavy atom. The summed E-state index contributed by atoms with van der Waals surface area (Å²) in [5, 5.41) is 0. The lowest BCUT2D eigenvalue weighted by atomic mass is 9.97. The maximum Gasteiger partial charge on any atom is 0.123 e. The fourth-order valence-electron chi connectivity index (χ4n) is 1.53. The topological polar surface area (TPSA) is 0 Å². The van der Waals surface area contributed by atoms with Crippen molar-refractivity contribution in [2.75, 3.05) is 0 Å². The van der Waals surface area contributed by atoms with E-state index in [1.807, 2.05) is 25.1 Å². The van der Waals surface area contributed by atoms with E-state index in [9.17, 15) is 4.39 Å². The monoisotopic (exact) mass is 192 g/mol. The quantitative estimate of drug-likeness (QED) is 0.677. The van der Waals surface area contributed by atoms with Crippen LogP contribution in [0.1, 0.15) is 31.9 Å². The average Bonchev–Trinajstić information content (AvgIpc) is 2.09. The summed E-state index contributed by atoms with van der Waals surface area (Å²) in [5.74, 6) is 0.440. The van der Waals surface area contributed by atoms with Crippen LogP contribution in [0.25, 0.3) is 6.08 Å². The molecular weight excluding hydrogens is 175 g/mol. The van der Waals surface area contributed by atoms with Gasteiger partial charge in [0.15, 0.2) is 0 Å². The second-order valence-corrected chi connectivity index (χ2v) is 3.94. The van der Waals surface area contributed by atoms with E-state index in [0.29, 0.717) is 5.92 Å². The molecule has 0 aliphatic carbocycles. The first-order valence-corrected chi connectivity index (χ1v) is 5.04. The van der Waals surface area contributed by atoms with Gasteiger partial charge in [-0.05, 0) is 42.5 Å². The van der Waals surface area contributed by atoms with Crippen LogP contribution in [0, 0.1) is 11.7 Å². The van der Waals surface area contributed by atoms with Crippen molar-refractivity contribution in [1.29, 1.82) is 0 Å². The molecule has 0 nitrogen and oxygen atoms in total. The minimum Gasteiger partial charge on any atom is -0.207 e. The summed E-state index contributed by atoms with van der Waals surface area (Å²) in [5.41, 5.74) is 2.22. The zero-order valence-corrected chi connectivity index (χ0v) is 9.05. The molecule has 1 aromatic carbocycles. The van der Waals surface area contributed by atoms with Crippen LogP contribution in [0.15, 0.2) is 24.3 Å². The highest BCUT2D eigenvalue weighted by Gasteiger charge is 2.03. The van der Waals surface area contributed by atoms with Gasteiger partial charge in [-0.15, -0.1) is 0 Å². The van der Waals surface area contributed by atoms with Crippen LogP contribution in [0.2, 0.25) is 0 Å². The molecule has 0 radical (unpaired) electrons. The predicted molar refractivity (Wildman–Crippen MR) is 59.7 cm³/mol. The molecule has 1 heteroatoms. The van der Waals surface area contributed by atoms with E-state index in [2.05, 4.69) is 13.8 Å². The molecule has 1 aromatic rings. The Bertz CT molecular complexity index is 324. The van der Waals surface area contributed by atoms with Crippen molar-refractivity contribution >= 4 is 6.08 Å². The normalized spacial score (nSPS) is 11.5. The molecule has 14 heavy (non-hydrogen) atoms. The summed E-state index contributed by atoms with van der Waals surface area (Å²) in [6.07, 6.45) is 4.90. The Labute approximate surface area is 85.5 Å². The number of benzene rings is 1. The number of hydrogen-bond acceptors (Lipinski definition) is 0. The van der Waals surface area contributed by atoms with Crippen molar-refractivity contribution in [3.8, 4) is 0 Å². The Kier molecular flexibility index (Phi) is 3.87. The summed E-state index contributed by atoms with van der Waals surface area (Å²) in [4.78, 5) is 0. The van der Waals surface area contributed by atoms with E-state index in [1.165, 1.54) is 11.6 Å². The standard InChI is InChI=1S/C13H17F/c1-4-5-11-9-13(14)7-6-12(11)8-10(2)3/h4-7,9-10H,8H2,1-3H3. The second-order valence-electron chi connectivity index (χ2n) is 3.94. The summed E-state index contributed by atoms with van der Waals surface area (Å²) in [7, 11) is 0. The van der Waals surface area contributed by atoms with Gasteiger partial charge in [0.05, 0.1) is 0 Å². The van der Waals surface area contributed by atoms with Crippen molar-refractivity contribution < 1.29 is 4.39 Å². The smallest absolute Gasteiger partial charge is 0.123 e. The Hall–Kier alpha value is -1.11. The fraction of sp³-hybridized carbons (Fsp3) is 0.385. The minimum atomic E-state index is -0.161. The van der Waals surface area contributed by atoms with E-state index in [1.54, 1.807) is 6.07 Å². The minimum absolute atomic E-state index is 0.161. The molecule has 0 saturated heterocycles. The van der Waals surface area contributed by atoms with Crippen LogP contribution in [-0.4, -0.2) is 0 Å². The van der Waals surface area contributed by atoms with E-state index < -0.39 is 0 Å². The molecule has 0 bridgehead atoms. The van der Waals surface area contributed by atoms with Crippen LogP contribution in [0.4, 0.5) is 4.39 Å². The number of rotatable bonds is 3. The van der Waals surface area contributed by atoms with E-state index in [4.69, 9.17) is 0 Å². The molecule has 0 aliphatic rings. The lowest BCUT2D eigenvalue weighted by molar-refractivity contribution is 0.619. The Morgan fingerprint density at radius 3 is 2.64 bits per heavy atom. The Morgan fingerprint density at radius 2 is 2.07 bits per heavy atom. The van der Waals surface area contributed by atoms with Crippen molar-refractivity contribution in [3.05, 3.63) is 41.2 Å². The van der Waals surface area contributed by atoms with Crippen molar-refractivity contribution in [2.45, 2.75) is 27.2 Å². The molecule has 0 spiro atoms. The van der Waals surface area contributed by atoms with Crippen LogP contribution in [0.5, 0.6) is 0 Å². The van der Waals surface area contributed by atoms with Gasteiger partial charge >= 0.3 is 0 Å². The first-order chi connectivity index (χ1) is 6.63. The molecule has 1 rings (SSSR count). The third-order valence-electron chi connectivity index (χ3n) is 2.08. The second kappa shape index (κ2) is 4.94. The van der Waals surface area contributed by atoms with Gasteiger partial charge in [0.1, 0.15) is 5.82 Å². The van der Waals surface area contributed by atoms with Gasteiger partial charge in [0.2, 0.25) is 0 Å². The van der Waals surface area contributed by atoms with Crippen molar-refractivity contribution in [2.24, 2.45) is 5.92 Å². The van der Waals surface area contributed by atoms with Gasteiger partial charge in [-0.1, -0.05) is 32.1 Å². The third-order valence-corrected chi connectivity index (χ3v) is 2.08. The lowest BCUT2D eigenvalue weighted by Crippen LogP contribution is -1.97. The largest absolute Gasteiger partial charge is 0.207 e. The fourth-order valence-corrected chi connectivity index (χ4v) is 1.53. The summed E-state index contributed by atoms with van der Waals surface area (Å²) in [6.45, 7) is 6.29. The van der Waals surface area contributed by atoms with Gasteiger partial charge in [-0.2, -0.15) is 0 Å². The highest BCUT2D eigenvalue weighted by molar-refractivity contribution is 5.53.